The molecular formula is C19H16N6O2S. The summed E-state index contributed by atoms with van der Waals surface area (Å²) in [5, 5.41) is 8.86. The second-order valence-electron chi connectivity index (χ2n) is 5.64. The highest BCUT2D eigenvalue weighted by molar-refractivity contribution is 7.98. The van der Waals surface area contributed by atoms with Crippen LogP contribution in [0.3, 0.4) is 0 Å². The summed E-state index contributed by atoms with van der Waals surface area (Å²) < 4.78 is 5.29. The number of nitrogens with two attached hydrogens (primary N) is 2. The second-order valence-corrected chi connectivity index (χ2v) is 6.65. The Labute approximate surface area is 165 Å². The summed E-state index contributed by atoms with van der Waals surface area (Å²) in [5.41, 5.74) is 13.1. The molecule has 28 heavy (non-hydrogen) atoms. The van der Waals surface area contributed by atoms with Crippen LogP contribution in [0.25, 0.3) is 0 Å². The van der Waals surface area contributed by atoms with E-state index < -0.39 is 5.97 Å². The van der Waals surface area contributed by atoms with Crippen LogP contribution in [-0.2, 0) is 17.1 Å². The molecule has 0 fully saturated rings. The fourth-order valence-electron chi connectivity index (χ4n) is 2.33. The van der Waals surface area contributed by atoms with Gasteiger partial charge in [-0.25, -0.2) is 4.79 Å². The van der Waals surface area contributed by atoms with Crippen LogP contribution in [0.5, 0.6) is 0 Å². The van der Waals surface area contributed by atoms with Crippen molar-refractivity contribution in [3.8, 4) is 6.07 Å². The average Bonchev–Trinajstić information content (AvgIpc) is 2.70. The number of nitrogen functional groups attached to an aromatic ring is 2. The van der Waals surface area contributed by atoms with Crippen LogP contribution >= 0.6 is 11.8 Å². The van der Waals surface area contributed by atoms with Gasteiger partial charge in [0.15, 0.2) is 12.4 Å². The molecule has 0 aliphatic heterocycles. The minimum Gasteiger partial charge on any atom is -0.454 e. The van der Waals surface area contributed by atoms with Gasteiger partial charge in [0.1, 0.15) is 0 Å². The second kappa shape index (κ2) is 8.83. The largest absolute Gasteiger partial charge is 0.454 e. The highest BCUT2D eigenvalue weighted by atomic mass is 32.2. The summed E-state index contributed by atoms with van der Waals surface area (Å²) in [6.45, 7) is -0.162. The number of rotatable bonds is 6. The first-order valence-electron chi connectivity index (χ1n) is 8.19. The molecule has 0 saturated carbocycles. The molecule has 0 unspecified atom stereocenters. The third-order valence-electron chi connectivity index (χ3n) is 3.63. The van der Waals surface area contributed by atoms with Crippen LogP contribution in [0.1, 0.15) is 27.3 Å². The van der Waals surface area contributed by atoms with E-state index in [1.165, 1.54) is 11.8 Å². The van der Waals surface area contributed by atoms with Gasteiger partial charge in [0.25, 0.3) is 0 Å². The molecule has 0 bridgehead atoms. The maximum atomic E-state index is 12.5. The van der Waals surface area contributed by atoms with E-state index in [4.69, 9.17) is 21.5 Å². The number of carbonyl (C=O) groups is 1. The summed E-state index contributed by atoms with van der Waals surface area (Å²) >= 11 is 1.50. The van der Waals surface area contributed by atoms with E-state index in [1.54, 1.807) is 24.3 Å². The molecule has 0 atom stereocenters. The molecule has 3 aromatic rings. The summed E-state index contributed by atoms with van der Waals surface area (Å²) in [7, 11) is 0. The normalized spacial score (nSPS) is 10.2. The van der Waals surface area contributed by atoms with Crippen LogP contribution in [0.15, 0.2) is 53.4 Å². The third kappa shape index (κ3) is 4.96. The molecule has 4 N–H and O–H groups in total. The fraction of sp³-hybridized carbons (Fsp3) is 0.105. The lowest BCUT2D eigenvalue weighted by Crippen LogP contribution is -2.11. The molecular weight excluding hydrogens is 376 g/mol. The van der Waals surface area contributed by atoms with E-state index >= 15 is 0 Å². The minimum absolute atomic E-state index is 0.0306. The van der Waals surface area contributed by atoms with Gasteiger partial charge in [0.05, 0.1) is 17.2 Å². The van der Waals surface area contributed by atoms with Crippen molar-refractivity contribution in [2.75, 3.05) is 11.5 Å². The zero-order chi connectivity index (χ0) is 19.9. The van der Waals surface area contributed by atoms with Crippen molar-refractivity contribution >= 4 is 29.6 Å². The van der Waals surface area contributed by atoms with Crippen LogP contribution < -0.4 is 11.5 Å². The van der Waals surface area contributed by atoms with Crippen molar-refractivity contribution in [1.29, 1.82) is 5.26 Å². The van der Waals surface area contributed by atoms with Gasteiger partial charge in [-0.3, -0.25) is 0 Å². The number of ether oxygens (including phenoxy) is 1. The highest BCUT2D eigenvalue weighted by Gasteiger charge is 2.14. The summed E-state index contributed by atoms with van der Waals surface area (Å²) in [6.07, 6.45) is 0. The van der Waals surface area contributed by atoms with Crippen molar-refractivity contribution in [1.82, 2.24) is 15.0 Å². The van der Waals surface area contributed by atoms with E-state index in [2.05, 4.69) is 21.0 Å². The van der Waals surface area contributed by atoms with E-state index in [9.17, 15) is 4.79 Å². The van der Waals surface area contributed by atoms with E-state index in [0.29, 0.717) is 16.9 Å². The standard InChI is InChI=1S/C19H16N6O2S/c20-9-12-5-7-13(8-6-12)11-28-15-4-2-1-3-14(15)17(26)27-10-16-23-18(21)25-19(22)24-16/h1-8H,10-11H2,(H4,21,22,23,24,25). The predicted molar refractivity (Wildman–Crippen MR) is 105 cm³/mol. The van der Waals surface area contributed by atoms with E-state index in [-0.39, 0.29) is 24.3 Å². The lowest BCUT2D eigenvalue weighted by molar-refractivity contribution is 0.0458. The molecule has 0 radical (unpaired) electrons. The maximum Gasteiger partial charge on any atom is 0.339 e. The number of benzene rings is 2. The monoisotopic (exact) mass is 392 g/mol. The van der Waals surface area contributed by atoms with Gasteiger partial charge < -0.3 is 16.2 Å². The minimum atomic E-state index is -0.500. The average molecular weight is 392 g/mol. The lowest BCUT2D eigenvalue weighted by Gasteiger charge is -2.09. The van der Waals surface area contributed by atoms with Crippen molar-refractivity contribution in [3.63, 3.8) is 0 Å². The number of anilines is 2. The van der Waals surface area contributed by atoms with Gasteiger partial charge in [0.2, 0.25) is 11.9 Å². The fourth-order valence-corrected chi connectivity index (χ4v) is 3.32. The van der Waals surface area contributed by atoms with Gasteiger partial charge in [-0.1, -0.05) is 24.3 Å². The maximum absolute atomic E-state index is 12.5. The Morgan fingerprint density at radius 3 is 2.39 bits per heavy atom. The first-order valence-corrected chi connectivity index (χ1v) is 9.17. The number of carbonyl (C=O) groups excluding carboxylic acids is 1. The number of thioether (sulfide) groups is 1. The zero-order valence-electron chi connectivity index (χ0n) is 14.7. The Kier molecular flexibility index (Phi) is 6.04. The topological polar surface area (TPSA) is 141 Å². The van der Waals surface area contributed by atoms with Crippen LogP contribution in [0.4, 0.5) is 11.9 Å². The van der Waals surface area contributed by atoms with Gasteiger partial charge in [-0.05, 0) is 29.8 Å². The van der Waals surface area contributed by atoms with E-state index in [0.717, 1.165) is 10.5 Å². The SMILES string of the molecule is N#Cc1ccc(CSc2ccccc2C(=O)OCc2nc(N)nc(N)n2)cc1. The van der Waals surface area contributed by atoms with Gasteiger partial charge in [-0.15, -0.1) is 11.8 Å². The van der Waals surface area contributed by atoms with Crippen molar-refractivity contribution in [3.05, 3.63) is 71.0 Å². The lowest BCUT2D eigenvalue weighted by atomic mass is 10.2. The number of aromatic nitrogens is 3. The zero-order valence-corrected chi connectivity index (χ0v) is 15.5. The first kappa shape index (κ1) is 19.1. The van der Waals surface area contributed by atoms with Gasteiger partial charge in [-0.2, -0.15) is 20.2 Å². The number of hydrogen-bond donors (Lipinski definition) is 2. The van der Waals surface area contributed by atoms with Gasteiger partial charge >= 0.3 is 5.97 Å². The van der Waals surface area contributed by atoms with Crippen molar-refractivity contribution in [2.24, 2.45) is 0 Å². The predicted octanol–water partition coefficient (Wildman–Crippen LogP) is 2.56. The number of esters is 1. The molecule has 0 aliphatic carbocycles. The van der Waals surface area contributed by atoms with Crippen molar-refractivity contribution < 1.29 is 9.53 Å². The molecule has 1 heterocycles. The van der Waals surface area contributed by atoms with E-state index in [1.807, 2.05) is 24.3 Å². The molecule has 0 amide bonds. The Hall–Kier alpha value is -3.64. The van der Waals surface area contributed by atoms with Crippen LogP contribution in [0.2, 0.25) is 0 Å². The quantitative estimate of drug-likeness (QED) is 0.478. The molecule has 8 nitrogen and oxygen atoms in total. The Morgan fingerprint density at radius 1 is 1.04 bits per heavy atom. The molecule has 0 saturated heterocycles. The Morgan fingerprint density at radius 2 is 1.71 bits per heavy atom. The molecule has 0 spiro atoms. The molecule has 0 aliphatic rings. The summed E-state index contributed by atoms with van der Waals surface area (Å²) in [6, 6.07) is 16.6. The molecule has 9 heteroatoms. The highest BCUT2D eigenvalue weighted by Crippen LogP contribution is 2.27. The molecule has 3 rings (SSSR count). The first-order chi connectivity index (χ1) is 13.5. The number of hydrogen-bond acceptors (Lipinski definition) is 9. The summed E-state index contributed by atoms with van der Waals surface area (Å²) in [4.78, 5) is 24.7. The van der Waals surface area contributed by atoms with Crippen LogP contribution in [-0.4, -0.2) is 20.9 Å². The summed E-state index contributed by atoms with van der Waals surface area (Å²) in [5.74, 6) is 0.270. The number of nitriles is 1. The molecule has 140 valence electrons. The smallest absolute Gasteiger partial charge is 0.339 e. The molecule has 2 aromatic carbocycles. The Balaban J connectivity index is 1.66. The number of nitrogens with zero attached hydrogens (tertiary/aromatic N) is 4. The molecule has 1 aromatic heterocycles. The van der Waals surface area contributed by atoms with Gasteiger partial charge in [0, 0.05) is 10.6 Å². The van der Waals surface area contributed by atoms with Crippen LogP contribution in [0, 0.1) is 11.3 Å². The Bertz CT molecular complexity index is 1010. The van der Waals surface area contributed by atoms with Crippen molar-refractivity contribution in [2.45, 2.75) is 17.3 Å². The third-order valence-corrected chi connectivity index (χ3v) is 4.78.